The minimum absolute atomic E-state index is 0.382. The van der Waals surface area contributed by atoms with E-state index in [1.807, 2.05) is 12.1 Å². The number of nitrogens with one attached hydrogen (secondary N) is 2. The van der Waals surface area contributed by atoms with E-state index in [0.717, 1.165) is 29.3 Å². The van der Waals surface area contributed by atoms with E-state index in [1.54, 1.807) is 11.8 Å². The summed E-state index contributed by atoms with van der Waals surface area (Å²) in [5.74, 6) is 0.382. The highest BCUT2D eigenvalue weighted by molar-refractivity contribution is 8.08. The van der Waals surface area contributed by atoms with Crippen molar-refractivity contribution in [3.05, 3.63) is 71.4 Å². The number of fused-ring (bicyclic) bond motifs is 1. The molecule has 0 aliphatic carbocycles. The third-order valence-electron chi connectivity index (χ3n) is 4.48. The molecule has 2 aliphatic rings. The normalized spacial score (nSPS) is 18.7. The summed E-state index contributed by atoms with van der Waals surface area (Å²) in [5.41, 5.74) is 15.6. The molecule has 132 valence electrons. The summed E-state index contributed by atoms with van der Waals surface area (Å²) >= 11 is 1.76. The van der Waals surface area contributed by atoms with Crippen LogP contribution in [0.2, 0.25) is 0 Å². The maximum Gasteiger partial charge on any atom is 0.0699 e. The number of anilines is 2. The van der Waals surface area contributed by atoms with E-state index in [-0.39, 0.29) is 0 Å². The lowest BCUT2D eigenvalue weighted by atomic mass is 9.97. The lowest BCUT2D eigenvalue weighted by Crippen LogP contribution is -2.17. The van der Waals surface area contributed by atoms with E-state index in [4.69, 9.17) is 5.73 Å². The van der Waals surface area contributed by atoms with Crippen molar-refractivity contribution in [2.75, 3.05) is 17.6 Å². The first kappa shape index (κ1) is 16.8. The fraction of sp³-hybridized carbons (Fsp3) is 0.190. The van der Waals surface area contributed by atoms with Crippen molar-refractivity contribution >= 4 is 33.8 Å². The van der Waals surface area contributed by atoms with E-state index in [1.165, 1.54) is 20.9 Å². The van der Waals surface area contributed by atoms with E-state index in [0.29, 0.717) is 5.92 Å². The standard InChI is InChI=1S/C21H22N4S/c1-13(2)21-17(12-23-25-21)19-11-20(16-5-3-4-6-18(16)24-19)26-15-9-7-14(22)8-10-15/h3-11,13,23-24H,12,22H2,1-2H3/b19-17-. The van der Waals surface area contributed by atoms with Crippen molar-refractivity contribution in [3.8, 4) is 0 Å². The Morgan fingerprint density at radius 3 is 2.62 bits per heavy atom. The van der Waals surface area contributed by atoms with E-state index in [2.05, 4.69) is 72.2 Å². The van der Waals surface area contributed by atoms with Crippen LogP contribution in [0.15, 0.2) is 75.9 Å². The maximum atomic E-state index is 5.82. The highest BCUT2D eigenvalue weighted by Crippen LogP contribution is 2.42. The van der Waals surface area contributed by atoms with Crippen LogP contribution in [-0.4, -0.2) is 12.3 Å². The fourth-order valence-electron chi connectivity index (χ4n) is 3.18. The number of nitrogen functional groups attached to an aromatic ring is 1. The number of benzene rings is 2. The highest BCUT2D eigenvalue weighted by atomic mass is 32.2. The Kier molecular flexibility index (Phi) is 4.47. The second-order valence-electron chi connectivity index (χ2n) is 6.73. The second-order valence-corrected chi connectivity index (χ2v) is 7.84. The predicted octanol–water partition coefficient (Wildman–Crippen LogP) is 4.70. The summed E-state index contributed by atoms with van der Waals surface area (Å²) in [7, 11) is 0. The quantitative estimate of drug-likeness (QED) is 0.693. The third-order valence-corrected chi connectivity index (χ3v) is 5.55. The first-order valence-corrected chi connectivity index (χ1v) is 9.59. The molecule has 2 heterocycles. The van der Waals surface area contributed by atoms with Gasteiger partial charge in [0, 0.05) is 38.0 Å². The molecule has 0 radical (unpaired) electrons. The average molecular weight is 363 g/mol. The zero-order chi connectivity index (χ0) is 18.1. The number of nitrogens with zero attached hydrogens (tertiary/aromatic N) is 1. The Hall–Kier alpha value is -2.66. The van der Waals surface area contributed by atoms with Crippen molar-refractivity contribution in [2.45, 2.75) is 18.7 Å². The van der Waals surface area contributed by atoms with Crippen molar-refractivity contribution in [1.29, 1.82) is 0 Å². The number of hydrogen-bond donors (Lipinski definition) is 3. The molecule has 0 bridgehead atoms. The number of rotatable bonds is 3. The largest absolute Gasteiger partial charge is 0.399 e. The van der Waals surface area contributed by atoms with Gasteiger partial charge in [0.25, 0.3) is 0 Å². The summed E-state index contributed by atoms with van der Waals surface area (Å²) < 4.78 is 0. The minimum Gasteiger partial charge on any atom is -0.399 e. The molecule has 0 fully saturated rings. The number of thioether (sulfide) groups is 1. The molecule has 4 N–H and O–H groups in total. The second kappa shape index (κ2) is 6.92. The van der Waals surface area contributed by atoms with Crippen LogP contribution >= 0.6 is 11.8 Å². The van der Waals surface area contributed by atoms with Gasteiger partial charge in [0.05, 0.1) is 12.3 Å². The number of allylic oxidation sites excluding steroid dienone is 1. The van der Waals surface area contributed by atoms with E-state index in [9.17, 15) is 0 Å². The van der Waals surface area contributed by atoms with Crippen molar-refractivity contribution in [1.82, 2.24) is 5.43 Å². The smallest absolute Gasteiger partial charge is 0.0699 e. The van der Waals surface area contributed by atoms with Crippen LogP contribution in [0.5, 0.6) is 0 Å². The molecule has 0 saturated heterocycles. The molecule has 4 nitrogen and oxygen atoms in total. The van der Waals surface area contributed by atoms with Crippen LogP contribution < -0.4 is 16.5 Å². The lowest BCUT2D eigenvalue weighted by Gasteiger charge is -2.23. The van der Waals surface area contributed by atoms with Gasteiger partial charge >= 0.3 is 0 Å². The van der Waals surface area contributed by atoms with Crippen LogP contribution in [0.25, 0.3) is 4.91 Å². The molecule has 5 heteroatoms. The van der Waals surface area contributed by atoms with Gasteiger partial charge in [-0.2, -0.15) is 5.10 Å². The Morgan fingerprint density at radius 2 is 1.85 bits per heavy atom. The van der Waals surface area contributed by atoms with Crippen molar-refractivity contribution in [2.24, 2.45) is 11.0 Å². The van der Waals surface area contributed by atoms with Gasteiger partial charge in [-0.15, -0.1) is 0 Å². The Labute approximate surface area is 158 Å². The maximum absolute atomic E-state index is 5.82. The molecule has 4 rings (SSSR count). The fourth-order valence-corrected chi connectivity index (χ4v) is 4.17. The highest BCUT2D eigenvalue weighted by Gasteiger charge is 2.24. The third kappa shape index (κ3) is 3.22. The van der Waals surface area contributed by atoms with Gasteiger partial charge in [0.2, 0.25) is 0 Å². The first-order chi connectivity index (χ1) is 12.6. The zero-order valence-electron chi connectivity index (χ0n) is 14.9. The van der Waals surface area contributed by atoms with Gasteiger partial charge in [-0.05, 0) is 42.3 Å². The van der Waals surface area contributed by atoms with Crippen LogP contribution in [0, 0.1) is 5.92 Å². The van der Waals surface area contributed by atoms with Gasteiger partial charge in [-0.3, -0.25) is 0 Å². The Bertz CT molecular complexity index is 923. The summed E-state index contributed by atoms with van der Waals surface area (Å²) in [6.45, 7) is 5.11. The Balaban J connectivity index is 1.77. The first-order valence-electron chi connectivity index (χ1n) is 8.77. The van der Waals surface area contributed by atoms with Gasteiger partial charge in [-0.1, -0.05) is 43.8 Å². The van der Waals surface area contributed by atoms with E-state index >= 15 is 0 Å². The van der Waals surface area contributed by atoms with Gasteiger partial charge in [-0.25, -0.2) is 0 Å². The molecule has 0 spiro atoms. The lowest BCUT2D eigenvalue weighted by molar-refractivity contribution is 0.840. The average Bonchev–Trinajstić information content (AvgIpc) is 3.14. The number of hydrazone groups is 1. The number of hydrogen-bond acceptors (Lipinski definition) is 5. The van der Waals surface area contributed by atoms with Crippen LogP contribution in [0.1, 0.15) is 19.4 Å². The summed E-state index contributed by atoms with van der Waals surface area (Å²) in [5, 5.41) is 8.08. The molecule has 0 atom stereocenters. The molecule has 0 saturated carbocycles. The Morgan fingerprint density at radius 1 is 1.08 bits per heavy atom. The molecular formula is C21H22N4S. The molecule has 2 aliphatic heterocycles. The molecule has 26 heavy (non-hydrogen) atoms. The van der Waals surface area contributed by atoms with Gasteiger partial charge in [0.15, 0.2) is 0 Å². The van der Waals surface area contributed by atoms with Crippen molar-refractivity contribution in [3.63, 3.8) is 0 Å². The molecule has 2 aromatic rings. The summed E-state index contributed by atoms with van der Waals surface area (Å²) in [6.07, 6.45) is 2.24. The topological polar surface area (TPSA) is 62.4 Å². The SMILES string of the molecule is CC(C)C1=NNC/C1=C1\C=C(Sc2ccc(N)cc2)c2ccccc2N1. The number of para-hydroxylation sites is 1. The minimum atomic E-state index is 0.382. The van der Waals surface area contributed by atoms with Crippen LogP contribution in [0.3, 0.4) is 0 Å². The van der Waals surface area contributed by atoms with Gasteiger partial charge < -0.3 is 16.5 Å². The molecular weight excluding hydrogens is 340 g/mol. The molecule has 0 aromatic heterocycles. The van der Waals surface area contributed by atoms with Crippen LogP contribution in [0.4, 0.5) is 11.4 Å². The molecule has 0 unspecified atom stereocenters. The molecule has 0 amide bonds. The zero-order valence-corrected chi connectivity index (χ0v) is 15.7. The van der Waals surface area contributed by atoms with E-state index < -0.39 is 0 Å². The summed E-state index contributed by atoms with van der Waals surface area (Å²) in [6, 6.07) is 16.4. The number of nitrogens with two attached hydrogens (primary N) is 1. The molecule has 2 aromatic carbocycles. The van der Waals surface area contributed by atoms with Gasteiger partial charge in [0.1, 0.15) is 0 Å². The van der Waals surface area contributed by atoms with Crippen molar-refractivity contribution < 1.29 is 0 Å². The monoisotopic (exact) mass is 362 g/mol. The summed E-state index contributed by atoms with van der Waals surface area (Å²) in [4.78, 5) is 2.40. The van der Waals surface area contributed by atoms with Crippen LogP contribution in [-0.2, 0) is 0 Å². The predicted molar refractivity (Wildman–Crippen MR) is 112 cm³/mol.